The number of sulfonamides is 1. The Morgan fingerprint density at radius 2 is 1.81 bits per heavy atom. The Morgan fingerprint density at radius 1 is 1.19 bits per heavy atom. The van der Waals surface area contributed by atoms with Gasteiger partial charge in [-0.1, -0.05) is 0 Å². The molecule has 1 aliphatic rings. The highest BCUT2D eigenvalue weighted by Gasteiger charge is 2.42. The summed E-state index contributed by atoms with van der Waals surface area (Å²) in [4.78, 5) is 0.0817. The molecule has 1 aromatic carbocycles. The zero-order chi connectivity index (χ0) is 15.8. The van der Waals surface area contributed by atoms with Crippen LogP contribution in [0.2, 0.25) is 0 Å². The molecule has 0 saturated carbocycles. The SMILES string of the molecule is COc1cc(OC)c(S(=O)(=O)N2CCCC2(C)C)cc1N. The smallest absolute Gasteiger partial charge is 0.247 e. The van der Waals surface area contributed by atoms with E-state index in [1.165, 1.54) is 30.7 Å². The van der Waals surface area contributed by atoms with Gasteiger partial charge in [0.05, 0.1) is 19.9 Å². The first-order valence-electron chi connectivity index (χ1n) is 6.78. The molecule has 2 N–H and O–H groups in total. The minimum absolute atomic E-state index is 0.0817. The van der Waals surface area contributed by atoms with Crippen LogP contribution in [0.5, 0.6) is 11.5 Å². The molecule has 1 aromatic rings. The first kappa shape index (κ1) is 15.9. The quantitative estimate of drug-likeness (QED) is 0.858. The predicted molar refractivity (Wildman–Crippen MR) is 81.2 cm³/mol. The maximum Gasteiger partial charge on any atom is 0.247 e. The molecule has 0 aromatic heterocycles. The summed E-state index contributed by atoms with van der Waals surface area (Å²) in [5.41, 5.74) is 5.72. The second-order valence-corrected chi connectivity index (χ2v) is 7.57. The third kappa shape index (κ3) is 2.67. The molecule has 0 spiro atoms. The van der Waals surface area contributed by atoms with Crippen molar-refractivity contribution in [2.75, 3.05) is 26.5 Å². The van der Waals surface area contributed by atoms with E-state index < -0.39 is 15.6 Å². The first-order chi connectivity index (χ1) is 9.74. The summed E-state index contributed by atoms with van der Waals surface area (Å²) < 4.78 is 37.7. The predicted octanol–water partition coefficient (Wildman–Crippen LogP) is 1.85. The molecular formula is C14H22N2O4S. The number of benzene rings is 1. The fourth-order valence-corrected chi connectivity index (χ4v) is 4.76. The lowest BCUT2D eigenvalue weighted by Crippen LogP contribution is -2.42. The van der Waals surface area contributed by atoms with Gasteiger partial charge in [-0.25, -0.2) is 8.42 Å². The number of ether oxygens (including phenoxy) is 2. The second-order valence-electron chi connectivity index (χ2n) is 5.74. The van der Waals surface area contributed by atoms with E-state index in [2.05, 4.69) is 0 Å². The Labute approximate surface area is 125 Å². The number of hydrogen-bond acceptors (Lipinski definition) is 5. The van der Waals surface area contributed by atoms with Crippen molar-refractivity contribution >= 4 is 15.7 Å². The average Bonchev–Trinajstić information content (AvgIpc) is 2.78. The van der Waals surface area contributed by atoms with Crippen LogP contribution in [0.1, 0.15) is 26.7 Å². The summed E-state index contributed by atoms with van der Waals surface area (Å²) in [7, 11) is -0.759. The van der Waals surface area contributed by atoms with E-state index in [-0.39, 0.29) is 16.3 Å². The lowest BCUT2D eigenvalue weighted by atomic mass is 10.0. The number of hydrogen-bond donors (Lipinski definition) is 1. The number of nitrogens with zero attached hydrogens (tertiary/aromatic N) is 1. The fraction of sp³-hybridized carbons (Fsp3) is 0.571. The Bertz CT molecular complexity index is 641. The van der Waals surface area contributed by atoms with Crippen molar-refractivity contribution in [1.82, 2.24) is 4.31 Å². The molecule has 1 heterocycles. The Balaban J connectivity index is 2.57. The van der Waals surface area contributed by atoms with E-state index in [0.717, 1.165) is 12.8 Å². The van der Waals surface area contributed by atoms with Crippen molar-refractivity contribution in [3.8, 4) is 11.5 Å². The largest absolute Gasteiger partial charge is 0.495 e. The molecule has 0 radical (unpaired) electrons. The fourth-order valence-electron chi connectivity index (χ4n) is 2.74. The average molecular weight is 314 g/mol. The number of rotatable bonds is 4. The minimum Gasteiger partial charge on any atom is -0.495 e. The van der Waals surface area contributed by atoms with Crippen LogP contribution in [0.3, 0.4) is 0 Å². The molecule has 0 atom stereocenters. The van der Waals surface area contributed by atoms with Crippen LogP contribution in [-0.2, 0) is 10.0 Å². The number of nitrogen functional groups attached to an aromatic ring is 1. The summed E-state index contributed by atoms with van der Waals surface area (Å²) in [6, 6.07) is 2.91. The van der Waals surface area contributed by atoms with Crippen LogP contribution in [0, 0.1) is 0 Å². The Morgan fingerprint density at radius 3 is 2.29 bits per heavy atom. The van der Waals surface area contributed by atoms with Crippen molar-refractivity contribution in [2.24, 2.45) is 0 Å². The van der Waals surface area contributed by atoms with E-state index in [9.17, 15) is 8.42 Å². The molecule has 7 heteroatoms. The normalized spacial score (nSPS) is 18.7. The van der Waals surface area contributed by atoms with Gasteiger partial charge in [-0.05, 0) is 32.8 Å². The van der Waals surface area contributed by atoms with Gasteiger partial charge in [0.25, 0.3) is 0 Å². The molecule has 0 aliphatic carbocycles. The van der Waals surface area contributed by atoms with Crippen LogP contribution < -0.4 is 15.2 Å². The maximum atomic E-state index is 12.9. The zero-order valence-corrected chi connectivity index (χ0v) is 13.7. The van der Waals surface area contributed by atoms with Crippen molar-refractivity contribution in [2.45, 2.75) is 37.1 Å². The molecular weight excluding hydrogens is 292 g/mol. The van der Waals surface area contributed by atoms with E-state index in [4.69, 9.17) is 15.2 Å². The van der Waals surface area contributed by atoms with E-state index >= 15 is 0 Å². The molecule has 2 rings (SSSR count). The minimum atomic E-state index is -3.66. The summed E-state index contributed by atoms with van der Waals surface area (Å²) in [6.07, 6.45) is 1.68. The summed E-state index contributed by atoms with van der Waals surface area (Å²) in [6.45, 7) is 4.36. The molecule has 21 heavy (non-hydrogen) atoms. The molecule has 1 aliphatic heterocycles. The van der Waals surface area contributed by atoms with E-state index in [1.54, 1.807) is 0 Å². The standard InChI is InChI=1S/C14H22N2O4S/c1-14(2)6-5-7-16(14)21(17,18)13-8-10(15)11(19-3)9-12(13)20-4/h8-9H,5-7,15H2,1-4H3. The van der Waals surface area contributed by atoms with Crippen molar-refractivity contribution < 1.29 is 17.9 Å². The molecule has 6 nitrogen and oxygen atoms in total. The monoisotopic (exact) mass is 314 g/mol. The highest BCUT2D eigenvalue weighted by Crippen LogP contribution is 2.39. The van der Waals surface area contributed by atoms with Gasteiger partial charge < -0.3 is 15.2 Å². The van der Waals surface area contributed by atoms with Crippen LogP contribution in [0.4, 0.5) is 5.69 Å². The van der Waals surface area contributed by atoms with Crippen LogP contribution in [0.15, 0.2) is 17.0 Å². The van der Waals surface area contributed by atoms with Gasteiger partial charge in [-0.3, -0.25) is 0 Å². The van der Waals surface area contributed by atoms with Gasteiger partial charge in [0.2, 0.25) is 10.0 Å². The highest BCUT2D eigenvalue weighted by atomic mass is 32.2. The van der Waals surface area contributed by atoms with Crippen molar-refractivity contribution in [3.05, 3.63) is 12.1 Å². The first-order valence-corrected chi connectivity index (χ1v) is 8.22. The van der Waals surface area contributed by atoms with E-state index in [0.29, 0.717) is 12.3 Å². The molecule has 0 amide bonds. The van der Waals surface area contributed by atoms with Gasteiger partial charge in [0, 0.05) is 18.2 Å². The van der Waals surface area contributed by atoms with Gasteiger partial charge in [0.15, 0.2) is 0 Å². The van der Waals surface area contributed by atoms with Crippen LogP contribution >= 0.6 is 0 Å². The number of methoxy groups -OCH3 is 2. The summed E-state index contributed by atoms with van der Waals surface area (Å²) in [5, 5.41) is 0. The van der Waals surface area contributed by atoms with Crippen LogP contribution in [0.25, 0.3) is 0 Å². The summed E-state index contributed by atoms with van der Waals surface area (Å²) >= 11 is 0. The highest BCUT2D eigenvalue weighted by molar-refractivity contribution is 7.89. The molecule has 1 saturated heterocycles. The maximum absolute atomic E-state index is 12.9. The summed E-state index contributed by atoms with van der Waals surface area (Å²) in [5.74, 6) is 0.634. The van der Waals surface area contributed by atoms with E-state index in [1.807, 2.05) is 13.8 Å². The molecule has 0 unspecified atom stereocenters. The number of nitrogens with two attached hydrogens (primary N) is 1. The third-order valence-corrected chi connectivity index (χ3v) is 6.04. The molecule has 0 bridgehead atoms. The van der Waals surface area contributed by atoms with Gasteiger partial charge in [-0.15, -0.1) is 0 Å². The zero-order valence-electron chi connectivity index (χ0n) is 12.8. The van der Waals surface area contributed by atoms with Crippen molar-refractivity contribution in [3.63, 3.8) is 0 Å². The Kier molecular flexibility index (Phi) is 4.08. The third-order valence-electron chi connectivity index (χ3n) is 3.91. The van der Waals surface area contributed by atoms with Gasteiger partial charge in [0.1, 0.15) is 16.4 Å². The van der Waals surface area contributed by atoms with Gasteiger partial charge in [-0.2, -0.15) is 4.31 Å². The van der Waals surface area contributed by atoms with Crippen LogP contribution in [-0.4, -0.2) is 39.0 Å². The second kappa shape index (κ2) is 5.38. The number of anilines is 1. The molecule has 118 valence electrons. The topological polar surface area (TPSA) is 81.9 Å². The lowest BCUT2D eigenvalue weighted by molar-refractivity contribution is 0.290. The van der Waals surface area contributed by atoms with Crippen molar-refractivity contribution in [1.29, 1.82) is 0 Å². The molecule has 1 fully saturated rings. The van der Waals surface area contributed by atoms with Gasteiger partial charge >= 0.3 is 0 Å². The Hall–Kier alpha value is -1.47. The lowest BCUT2D eigenvalue weighted by Gasteiger charge is -2.31.